The van der Waals surface area contributed by atoms with E-state index in [0.717, 1.165) is 23.0 Å². The lowest BCUT2D eigenvalue weighted by atomic mass is 10.1. The van der Waals surface area contributed by atoms with Gasteiger partial charge in [0.05, 0.1) is 22.4 Å². The fraction of sp³-hybridized carbons (Fsp3) is 0.348. The highest BCUT2D eigenvalue weighted by atomic mass is 79.9. The standard InChI is InChI=1S/C23H25BrN2O3S2/c1-2-29-19-9-7-17(8-10-19)15-18-16-30-23(25-18)26-13-11-20(12-14-26)31(27,28)22-6-4-3-5-21(22)24/h3-10,16,20H,2,11-15H2,1H3. The number of aromatic nitrogens is 1. The fourth-order valence-corrected chi connectivity index (χ4v) is 7.45. The molecule has 4 rings (SSSR count). The van der Waals surface area contributed by atoms with Gasteiger partial charge >= 0.3 is 0 Å². The van der Waals surface area contributed by atoms with E-state index in [0.29, 0.717) is 41.9 Å². The number of anilines is 1. The Morgan fingerprint density at radius 3 is 2.52 bits per heavy atom. The van der Waals surface area contributed by atoms with Gasteiger partial charge in [-0.25, -0.2) is 13.4 Å². The van der Waals surface area contributed by atoms with Gasteiger partial charge in [-0.05, 0) is 65.5 Å². The molecule has 0 bridgehead atoms. The largest absolute Gasteiger partial charge is 0.494 e. The van der Waals surface area contributed by atoms with Crippen LogP contribution in [-0.2, 0) is 16.3 Å². The molecule has 0 unspecified atom stereocenters. The molecule has 5 nitrogen and oxygen atoms in total. The van der Waals surface area contributed by atoms with Crippen LogP contribution in [0.5, 0.6) is 5.75 Å². The van der Waals surface area contributed by atoms with Gasteiger partial charge in [-0.15, -0.1) is 11.3 Å². The van der Waals surface area contributed by atoms with Crippen molar-refractivity contribution >= 4 is 42.2 Å². The number of halogens is 1. The van der Waals surface area contributed by atoms with Crippen molar-refractivity contribution in [1.29, 1.82) is 0 Å². The number of benzene rings is 2. The van der Waals surface area contributed by atoms with Crippen LogP contribution in [0.1, 0.15) is 31.0 Å². The first-order chi connectivity index (χ1) is 15.0. The summed E-state index contributed by atoms with van der Waals surface area (Å²) in [5.41, 5.74) is 2.23. The van der Waals surface area contributed by atoms with Crippen molar-refractivity contribution in [1.82, 2.24) is 4.98 Å². The highest BCUT2D eigenvalue weighted by Gasteiger charge is 2.33. The average Bonchev–Trinajstić information content (AvgIpc) is 3.24. The lowest BCUT2D eigenvalue weighted by Gasteiger charge is -2.31. The van der Waals surface area contributed by atoms with E-state index >= 15 is 0 Å². The maximum Gasteiger partial charge on any atom is 0.185 e. The van der Waals surface area contributed by atoms with Crippen molar-refractivity contribution in [3.63, 3.8) is 0 Å². The molecule has 164 valence electrons. The Bertz CT molecular complexity index is 1120. The van der Waals surface area contributed by atoms with E-state index in [9.17, 15) is 8.42 Å². The van der Waals surface area contributed by atoms with Crippen LogP contribution >= 0.6 is 27.3 Å². The third kappa shape index (κ3) is 5.13. The van der Waals surface area contributed by atoms with Gasteiger partial charge in [0.1, 0.15) is 5.75 Å². The van der Waals surface area contributed by atoms with Gasteiger partial charge in [-0.3, -0.25) is 0 Å². The zero-order valence-corrected chi connectivity index (χ0v) is 20.5. The minimum atomic E-state index is -3.34. The molecule has 0 saturated carbocycles. The smallest absolute Gasteiger partial charge is 0.185 e. The summed E-state index contributed by atoms with van der Waals surface area (Å²) in [4.78, 5) is 7.40. The number of hydrogen-bond acceptors (Lipinski definition) is 6. The first-order valence-corrected chi connectivity index (χ1v) is 13.6. The summed E-state index contributed by atoms with van der Waals surface area (Å²) in [6.45, 7) is 4.04. The van der Waals surface area contributed by atoms with E-state index in [-0.39, 0.29) is 5.25 Å². The predicted octanol–water partition coefficient (Wildman–Crippen LogP) is 5.34. The molecule has 2 aromatic carbocycles. The highest BCUT2D eigenvalue weighted by Crippen LogP contribution is 2.32. The minimum Gasteiger partial charge on any atom is -0.494 e. The van der Waals surface area contributed by atoms with Crippen LogP contribution < -0.4 is 9.64 Å². The zero-order chi connectivity index (χ0) is 21.8. The molecule has 0 atom stereocenters. The van der Waals surface area contributed by atoms with Gasteiger partial charge in [0.15, 0.2) is 15.0 Å². The lowest BCUT2D eigenvalue weighted by molar-refractivity contribution is 0.340. The van der Waals surface area contributed by atoms with E-state index < -0.39 is 9.84 Å². The molecule has 3 aromatic rings. The molecular formula is C23H25BrN2O3S2. The first-order valence-electron chi connectivity index (χ1n) is 10.4. The van der Waals surface area contributed by atoms with Crippen LogP contribution in [-0.4, -0.2) is 38.3 Å². The Balaban J connectivity index is 1.37. The second kappa shape index (κ2) is 9.71. The molecule has 1 saturated heterocycles. The number of piperidine rings is 1. The van der Waals surface area contributed by atoms with Crippen LogP contribution in [0.3, 0.4) is 0 Å². The van der Waals surface area contributed by atoms with Crippen molar-refractivity contribution in [2.75, 3.05) is 24.6 Å². The van der Waals surface area contributed by atoms with Crippen molar-refractivity contribution in [2.24, 2.45) is 0 Å². The van der Waals surface area contributed by atoms with Crippen LogP contribution in [0.2, 0.25) is 0 Å². The molecule has 0 N–H and O–H groups in total. The molecule has 0 radical (unpaired) electrons. The predicted molar refractivity (Wildman–Crippen MR) is 129 cm³/mol. The summed E-state index contributed by atoms with van der Waals surface area (Å²) in [5, 5.41) is 2.71. The Hall–Kier alpha value is -1.90. The van der Waals surface area contributed by atoms with Gasteiger partial charge in [-0.1, -0.05) is 24.3 Å². The Kier molecular flexibility index (Phi) is 6.99. The van der Waals surface area contributed by atoms with Crippen LogP contribution in [0.15, 0.2) is 63.3 Å². The summed E-state index contributed by atoms with van der Waals surface area (Å²) in [5.74, 6) is 0.880. The molecule has 1 aliphatic rings. The number of hydrogen-bond donors (Lipinski definition) is 0. The second-order valence-electron chi connectivity index (χ2n) is 7.54. The summed E-state index contributed by atoms with van der Waals surface area (Å²) in [6.07, 6.45) is 1.99. The molecule has 1 aromatic heterocycles. The van der Waals surface area contributed by atoms with Gasteiger partial charge in [-0.2, -0.15) is 0 Å². The molecule has 0 amide bonds. The molecular weight excluding hydrogens is 496 g/mol. The quantitative estimate of drug-likeness (QED) is 0.420. The third-order valence-electron chi connectivity index (χ3n) is 5.45. The minimum absolute atomic E-state index is 0.356. The van der Waals surface area contributed by atoms with Gasteiger partial charge in [0.2, 0.25) is 0 Å². The molecule has 31 heavy (non-hydrogen) atoms. The van der Waals surface area contributed by atoms with Crippen molar-refractivity contribution in [3.8, 4) is 5.75 Å². The van der Waals surface area contributed by atoms with Crippen molar-refractivity contribution in [3.05, 3.63) is 69.6 Å². The van der Waals surface area contributed by atoms with E-state index in [2.05, 4.69) is 38.3 Å². The van der Waals surface area contributed by atoms with Crippen molar-refractivity contribution < 1.29 is 13.2 Å². The molecule has 2 heterocycles. The number of thiazole rings is 1. The number of ether oxygens (including phenoxy) is 1. The molecule has 0 spiro atoms. The molecule has 1 aliphatic heterocycles. The monoisotopic (exact) mass is 520 g/mol. The summed E-state index contributed by atoms with van der Waals surface area (Å²) in [7, 11) is -3.34. The maximum absolute atomic E-state index is 13.1. The topological polar surface area (TPSA) is 59.5 Å². The van der Waals surface area contributed by atoms with E-state index in [1.165, 1.54) is 5.56 Å². The highest BCUT2D eigenvalue weighted by molar-refractivity contribution is 9.10. The first kappa shape index (κ1) is 22.3. The molecule has 0 aliphatic carbocycles. The Labute approximate surface area is 196 Å². The summed E-state index contributed by atoms with van der Waals surface area (Å²) >= 11 is 5.01. The SMILES string of the molecule is CCOc1ccc(Cc2csc(N3CCC(S(=O)(=O)c4ccccc4Br)CC3)n2)cc1. The van der Waals surface area contributed by atoms with Crippen LogP contribution in [0, 0.1) is 0 Å². The summed E-state index contributed by atoms with van der Waals surface area (Å²) < 4.78 is 32.2. The normalized spacial score (nSPS) is 15.2. The van der Waals surface area contributed by atoms with Gasteiger partial charge in [0.25, 0.3) is 0 Å². The maximum atomic E-state index is 13.1. The zero-order valence-electron chi connectivity index (χ0n) is 17.3. The summed E-state index contributed by atoms with van der Waals surface area (Å²) in [6, 6.07) is 15.2. The van der Waals surface area contributed by atoms with Crippen LogP contribution in [0.25, 0.3) is 0 Å². The van der Waals surface area contributed by atoms with Gasteiger partial charge < -0.3 is 9.64 Å². The molecule has 8 heteroatoms. The van der Waals surface area contributed by atoms with Crippen molar-refractivity contribution in [2.45, 2.75) is 36.3 Å². The number of nitrogens with zero attached hydrogens (tertiary/aromatic N) is 2. The van der Waals surface area contributed by atoms with E-state index in [4.69, 9.17) is 9.72 Å². The Morgan fingerprint density at radius 1 is 1.13 bits per heavy atom. The van der Waals surface area contributed by atoms with E-state index in [1.54, 1.807) is 29.5 Å². The lowest BCUT2D eigenvalue weighted by Crippen LogP contribution is -2.39. The van der Waals surface area contributed by atoms with E-state index in [1.807, 2.05) is 25.1 Å². The third-order valence-corrected chi connectivity index (χ3v) is 9.68. The molecule has 1 fully saturated rings. The van der Waals surface area contributed by atoms with Gasteiger partial charge in [0, 0.05) is 29.4 Å². The average molecular weight is 522 g/mol. The number of sulfone groups is 1. The van der Waals surface area contributed by atoms with Crippen LogP contribution in [0.4, 0.5) is 5.13 Å². The Morgan fingerprint density at radius 2 is 1.84 bits per heavy atom. The number of rotatable bonds is 7. The fourth-order valence-electron chi connectivity index (χ4n) is 3.81. The second-order valence-corrected chi connectivity index (χ2v) is 11.4.